The number of benzene rings is 1. The average molecular weight is 230 g/mol. The van der Waals surface area contributed by atoms with Crippen LogP contribution >= 0.6 is 0 Å². The van der Waals surface area contributed by atoms with Crippen molar-refractivity contribution in [2.75, 3.05) is 0 Å². The van der Waals surface area contributed by atoms with Crippen molar-refractivity contribution in [2.45, 2.75) is 12.8 Å². The minimum Gasteiger partial charge on any atom is -0.504 e. The lowest BCUT2D eigenvalue weighted by atomic mass is 10.1. The van der Waals surface area contributed by atoms with Crippen LogP contribution in [0.4, 0.5) is 0 Å². The van der Waals surface area contributed by atoms with Crippen LogP contribution in [0, 0.1) is 0 Å². The Labute approximate surface area is 89.5 Å². The maximum absolute atomic E-state index is 10.3. The van der Waals surface area contributed by atoms with E-state index in [-0.39, 0.29) is 12.0 Å². The number of carboxylic acids is 1. The Morgan fingerprint density at radius 3 is 1.56 bits per heavy atom. The molecule has 0 bridgehead atoms. The van der Waals surface area contributed by atoms with Gasteiger partial charge < -0.3 is 30.6 Å². The molecule has 0 aliphatic carbocycles. The fourth-order valence-corrected chi connectivity index (χ4v) is 1.20. The number of rotatable bonds is 3. The number of aliphatic carboxylic acids is 1. The third-order valence-electron chi connectivity index (χ3n) is 2.06. The number of carbonyl (C=O) groups is 1. The van der Waals surface area contributed by atoms with Gasteiger partial charge >= 0.3 is 5.97 Å². The highest BCUT2D eigenvalue weighted by Gasteiger charge is 2.23. The van der Waals surface area contributed by atoms with E-state index in [4.69, 9.17) is 20.4 Å². The number of hydrogen-bond donors (Lipinski definition) is 6. The molecule has 0 spiro atoms. The largest absolute Gasteiger partial charge is 0.504 e. The van der Waals surface area contributed by atoms with Gasteiger partial charge in [-0.1, -0.05) is 0 Å². The molecule has 0 heterocycles. The van der Waals surface area contributed by atoms with Crippen molar-refractivity contribution < 1.29 is 35.4 Å². The summed E-state index contributed by atoms with van der Waals surface area (Å²) < 4.78 is 0. The van der Waals surface area contributed by atoms with E-state index < -0.39 is 41.1 Å². The first-order chi connectivity index (χ1) is 7.36. The van der Waals surface area contributed by atoms with Crippen LogP contribution in [-0.2, 0) is 11.2 Å². The number of hydrogen-bond acceptors (Lipinski definition) is 6. The molecule has 1 rings (SSSR count). The van der Waals surface area contributed by atoms with Gasteiger partial charge in [-0.05, 0) is 6.42 Å². The highest BCUT2D eigenvalue weighted by Crippen LogP contribution is 2.50. The van der Waals surface area contributed by atoms with Gasteiger partial charge in [-0.25, -0.2) is 0 Å². The Morgan fingerprint density at radius 1 is 0.812 bits per heavy atom. The van der Waals surface area contributed by atoms with Crippen LogP contribution in [0.2, 0.25) is 0 Å². The fourth-order valence-electron chi connectivity index (χ4n) is 1.20. The molecule has 0 fully saturated rings. The molecule has 0 aliphatic rings. The molecular formula is C9H10O7. The summed E-state index contributed by atoms with van der Waals surface area (Å²) in [5, 5.41) is 54.4. The van der Waals surface area contributed by atoms with Crippen LogP contribution in [-0.4, -0.2) is 36.6 Å². The molecule has 0 aromatic heterocycles. The van der Waals surface area contributed by atoms with Gasteiger partial charge in [-0.2, -0.15) is 0 Å². The monoisotopic (exact) mass is 230 g/mol. The molecule has 6 N–H and O–H groups in total. The van der Waals surface area contributed by atoms with E-state index in [0.29, 0.717) is 0 Å². The van der Waals surface area contributed by atoms with E-state index in [1.807, 2.05) is 0 Å². The van der Waals surface area contributed by atoms with Crippen molar-refractivity contribution in [2.24, 2.45) is 0 Å². The SMILES string of the molecule is O=C(O)CCc1c(O)c(O)c(O)c(O)c1O. The minimum atomic E-state index is -1.18. The maximum atomic E-state index is 10.3. The average Bonchev–Trinajstić information content (AvgIpc) is 2.23. The van der Waals surface area contributed by atoms with Crippen molar-refractivity contribution in [3.63, 3.8) is 0 Å². The number of phenols is 5. The quantitative estimate of drug-likeness (QED) is 0.323. The van der Waals surface area contributed by atoms with Gasteiger partial charge in [-0.3, -0.25) is 4.79 Å². The van der Waals surface area contributed by atoms with Gasteiger partial charge in [0.05, 0.1) is 0 Å². The number of phenolic OH excluding ortho intramolecular Hbond substituents is 5. The Hall–Kier alpha value is -2.31. The van der Waals surface area contributed by atoms with E-state index in [0.717, 1.165) is 0 Å². The lowest BCUT2D eigenvalue weighted by molar-refractivity contribution is -0.136. The van der Waals surface area contributed by atoms with Crippen LogP contribution in [0.25, 0.3) is 0 Å². The lowest BCUT2D eigenvalue weighted by Gasteiger charge is -2.11. The zero-order valence-electron chi connectivity index (χ0n) is 8.01. The Balaban J connectivity index is 3.23. The molecule has 0 atom stereocenters. The molecule has 16 heavy (non-hydrogen) atoms. The molecule has 0 saturated carbocycles. The van der Waals surface area contributed by atoms with Gasteiger partial charge in [0.25, 0.3) is 0 Å². The molecule has 0 saturated heterocycles. The minimum absolute atomic E-state index is 0.297. The van der Waals surface area contributed by atoms with Crippen molar-refractivity contribution in [1.29, 1.82) is 0 Å². The summed E-state index contributed by atoms with van der Waals surface area (Å²) in [5.41, 5.74) is -0.338. The van der Waals surface area contributed by atoms with Gasteiger partial charge in [-0.15, -0.1) is 0 Å². The van der Waals surface area contributed by atoms with E-state index in [9.17, 15) is 15.0 Å². The molecule has 7 heteroatoms. The Morgan fingerprint density at radius 2 is 1.19 bits per heavy atom. The molecule has 88 valence electrons. The van der Waals surface area contributed by atoms with Crippen molar-refractivity contribution in [3.05, 3.63) is 5.56 Å². The summed E-state index contributed by atoms with van der Waals surface area (Å²) in [6, 6.07) is 0. The number of aromatic hydroxyl groups is 5. The van der Waals surface area contributed by atoms with Crippen molar-refractivity contribution >= 4 is 5.97 Å². The smallest absolute Gasteiger partial charge is 0.303 e. The molecule has 7 nitrogen and oxygen atoms in total. The highest BCUT2D eigenvalue weighted by molar-refractivity contribution is 5.70. The summed E-state index contributed by atoms with van der Waals surface area (Å²) in [6.45, 7) is 0. The first-order valence-electron chi connectivity index (χ1n) is 4.25. The normalized spacial score (nSPS) is 10.2. The van der Waals surface area contributed by atoms with Crippen LogP contribution in [0.15, 0.2) is 0 Å². The highest BCUT2D eigenvalue weighted by atomic mass is 16.4. The molecular weight excluding hydrogens is 220 g/mol. The van der Waals surface area contributed by atoms with Crippen LogP contribution in [0.1, 0.15) is 12.0 Å². The summed E-state index contributed by atoms with van der Waals surface area (Å²) in [5.74, 6) is -5.95. The zero-order chi connectivity index (χ0) is 12.5. The molecule has 1 aromatic carbocycles. The van der Waals surface area contributed by atoms with Gasteiger partial charge in [0.2, 0.25) is 17.2 Å². The number of carboxylic acid groups (broad SMARTS) is 1. The van der Waals surface area contributed by atoms with Crippen molar-refractivity contribution in [3.8, 4) is 28.7 Å². The third kappa shape index (κ3) is 1.88. The van der Waals surface area contributed by atoms with Crippen molar-refractivity contribution in [1.82, 2.24) is 0 Å². The molecule has 0 radical (unpaired) electrons. The van der Waals surface area contributed by atoms with E-state index >= 15 is 0 Å². The van der Waals surface area contributed by atoms with E-state index in [1.165, 1.54) is 0 Å². The molecule has 0 unspecified atom stereocenters. The van der Waals surface area contributed by atoms with Gasteiger partial charge in [0, 0.05) is 12.0 Å². The van der Waals surface area contributed by atoms with Crippen LogP contribution < -0.4 is 0 Å². The Bertz CT molecular complexity index is 409. The summed E-state index contributed by atoms with van der Waals surface area (Å²) >= 11 is 0. The molecule has 0 amide bonds. The zero-order valence-corrected chi connectivity index (χ0v) is 8.01. The van der Waals surface area contributed by atoms with E-state index in [1.54, 1.807) is 0 Å². The van der Waals surface area contributed by atoms with Gasteiger partial charge in [0.15, 0.2) is 11.5 Å². The Kier molecular flexibility index (Phi) is 2.98. The topological polar surface area (TPSA) is 138 Å². The maximum Gasteiger partial charge on any atom is 0.303 e. The first-order valence-corrected chi connectivity index (χ1v) is 4.25. The summed E-state index contributed by atoms with van der Waals surface area (Å²) in [6.07, 6.45) is -0.709. The second kappa shape index (κ2) is 4.05. The molecule has 1 aromatic rings. The fraction of sp³-hybridized carbons (Fsp3) is 0.222. The van der Waals surface area contributed by atoms with Crippen LogP contribution in [0.3, 0.4) is 0 Å². The summed E-state index contributed by atoms with van der Waals surface area (Å²) in [4.78, 5) is 10.3. The second-order valence-electron chi connectivity index (χ2n) is 3.12. The predicted molar refractivity (Wildman–Crippen MR) is 50.7 cm³/mol. The third-order valence-corrected chi connectivity index (χ3v) is 2.06. The predicted octanol–water partition coefficient (Wildman–Crippen LogP) is 0.232. The van der Waals surface area contributed by atoms with Gasteiger partial charge in [0.1, 0.15) is 0 Å². The molecule has 0 aliphatic heterocycles. The lowest BCUT2D eigenvalue weighted by Crippen LogP contribution is -1.98. The van der Waals surface area contributed by atoms with E-state index in [2.05, 4.69) is 0 Å². The summed E-state index contributed by atoms with van der Waals surface area (Å²) in [7, 11) is 0. The first kappa shape index (κ1) is 11.8. The van der Waals surface area contributed by atoms with Crippen LogP contribution in [0.5, 0.6) is 28.7 Å². The second-order valence-corrected chi connectivity index (χ2v) is 3.12. The standard InChI is InChI=1S/C9H10O7/c10-4(11)2-1-3-5(12)7(14)9(16)8(15)6(3)13/h12-16H,1-2H2,(H,10,11).